The van der Waals surface area contributed by atoms with Gasteiger partial charge in [0, 0.05) is 6.54 Å². The fraction of sp³-hybridized carbons (Fsp3) is 0.611. The molecule has 7 heteroatoms. The van der Waals surface area contributed by atoms with Crippen molar-refractivity contribution in [2.75, 3.05) is 32.7 Å². The molecule has 3 rings (SSSR count). The molecule has 0 bridgehead atoms. The van der Waals surface area contributed by atoms with Crippen molar-refractivity contribution in [3.63, 3.8) is 0 Å². The number of piperidine rings is 2. The van der Waals surface area contributed by atoms with E-state index in [4.69, 9.17) is 0 Å². The standard InChI is InChI=1S/C18H27N3O2.2ClH/c22-16-13-19-10-9-18(16,15-7-3-1-4-8-15)20-17(23)14-21-11-5-2-6-12-21;;/h1,3-4,7-8,16,19,22H,2,5-6,9-14H2,(H,20,23);2*1H/t16-,18-;;/m1../s1. The van der Waals surface area contributed by atoms with Crippen LogP contribution in [0.3, 0.4) is 0 Å². The van der Waals surface area contributed by atoms with Crippen LogP contribution in [0, 0.1) is 0 Å². The SMILES string of the molecule is Cl.Cl.O=C(CN1CCCCC1)N[C@@]1(c2ccccc2)CCNC[C@H]1O. The summed E-state index contributed by atoms with van der Waals surface area (Å²) in [6.07, 6.45) is 3.68. The van der Waals surface area contributed by atoms with Gasteiger partial charge in [-0.25, -0.2) is 0 Å². The van der Waals surface area contributed by atoms with Crippen LogP contribution in [0.15, 0.2) is 30.3 Å². The lowest BCUT2D eigenvalue weighted by Crippen LogP contribution is -2.62. The fourth-order valence-electron chi connectivity index (χ4n) is 3.76. The molecule has 2 atom stereocenters. The molecule has 1 aromatic rings. The Labute approximate surface area is 162 Å². The van der Waals surface area contributed by atoms with Gasteiger partial charge < -0.3 is 15.7 Å². The summed E-state index contributed by atoms with van der Waals surface area (Å²) in [6.45, 7) is 3.70. The van der Waals surface area contributed by atoms with E-state index >= 15 is 0 Å². The van der Waals surface area contributed by atoms with E-state index in [1.54, 1.807) is 0 Å². The molecular formula is C18H29Cl2N3O2. The number of nitrogens with one attached hydrogen (secondary N) is 2. The van der Waals surface area contributed by atoms with Crippen LogP contribution in [-0.2, 0) is 10.3 Å². The lowest BCUT2D eigenvalue weighted by Gasteiger charge is -2.43. The maximum Gasteiger partial charge on any atom is 0.234 e. The van der Waals surface area contributed by atoms with Gasteiger partial charge in [0.1, 0.15) is 0 Å². The van der Waals surface area contributed by atoms with Gasteiger partial charge in [0.25, 0.3) is 0 Å². The van der Waals surface area contributed by atoms with E-state index in [1.807, 2.05) is 30.3 Å². The molecule has 0 unspecified atom stereocenters. The molecule has 25 heavy (non-hydrogen) atoms. The van der Waals surface area contributed by atoms with Crippen molar-refractivity contribution in [2.24, 2.45) is 0 Å². The molecule has 1 amide bonds. The number of carbonyl (C=O) groups is 1. The summed E-state index contributed by atoms with van der Waals surface area (Å²) < 4.78 is 0. The molecule has 0 aliphatic carbocycles. The highest BCUT2D eigenvalue weighted by Crippen LogP contribution is 2.31. The zero-order chi connectivity index (χ0) is 16.1. The summed E-state index contributed by atoms with van der Waals surface area (Å²) in [7, 11) is 0. The molecule has 0 spiro atoms. The maximum atomic E-state index is 12.6. The molecule has 2 aliphatic rings. The summed E-state index contributed by atoms with van der Waals surface area (Å²) in [5.41, 5.74) is 0.306. The second-order valence-corrected chi connectivity index (χ2v) is 6.69. The van der Waals surface area contributed by atoms with Gasteiger partial charge in [-0.3, -0.25) is 9.69 Å². The van der Waals surface area contributed by atoms with E-state index < -0.39 is 11.6 Å². The average Bonchev–Trinajstić information content (AvgIpc) is 2.59. The highest BCUT2D eigenvalue weighted by atomic mass is 35.5. The Morgan fingerprint density at radius 1 is 1.20 bits per heavy atom. The minimum Gasteiger partial charge on any atom is -0.389 e. The Hall–Kier alpha value is -0.850. The minimum absolute atomic E-state index is 0. The van der Waals surface area contributed by atoms with Gasteiger partial charge in [-0.05, 0) is 44.5 Å². The van der Waals surface area contributed by atoms with Crippen LogP contribution >= 0.6 is 24.8 Å². The molecule has 1 aromatic carbocycles. The molecule has 0 aromatic heterocycles. The van der Waals surface area contributed by atoms with Gasteiger partial charge in [-0.15, -0.1) is 24.8 Å². The van der Waals surface area contributed by atoms with Crippen LogP contribution in [0.5, 0.6) is 0 Å². The van der Waals surface area contributed by atoms with Crippen LogP contribution in [0.2, 0.25) is 0 Å². The lowest BCUT2D eigenvalue weighted by atomic mass is 9.79. The van der Waals surface area contributed by atoms with E-state index in [1.165, 1.54) is 19.3 Å². The molecular weight excluding hydrogens is 361 g/mol. The number of hydrogen-bond donors (Lipinski definition) is 3. The molecule has 0 saturated carbocycles. The van der Waals surface area contributed by atoms with Crippen LogP contribution in [0.4, 0.5) is 0 Å². The highest BCUT2D eigenvalue weighted by Gasteiger charge is 2.42. The third-order valence-electron chi connectivity index (χ3n) is 5.07. The quantitative estimate of drug-likeness (QED) is 0.732. The maximum absolute atomic E-state index is 12.6. The van der Waals surface area contributed by atoms with Gasteiger partial charge in [0.15, 0.2) is 0 Å². The second-order valence-electron chi connectivity index (χ2n) is 6.69. The first-order valence-electron chi connectivity index (χ1n) is 8.68. The summed E-state index contributed by atoms with van der Waals surface area (Å²) in [6, 6.07) is 9.87. The normalized spacial score (nSPS) is 26.8. The van der Waals surface area contributed by atoms with Crippen LogP contribution in [0.25, 0.3) is 0 Å². The van der Waals surface area contributed by atoms with E-state index in [2.05, 4.69) is 15.5 Å². The predicted octanol–water partition coefficient (Wildman–Crippen LogP) is 1.68. The van der Waals surface area contributed by atoms with Gasteiger partial charge >= 0.3 is 0 Å². The number of β-amino-alcohol motifs (C(OH)–C–C–N with tert-alkyl or cyclic N) is 1. The third kappa shape index (κ3) is 5.31. The lowest BCUT2D eigenvalue weighted by molar-refractivity contribution is -0.127. The Balaban J connectivity index is 0.00000156. The number of rotatable bonds is 4. The summed E-state index contributed by atoms with van der Waals surface area (Å²) in [4.78, 5) is 14.8. The van der Waals surface area contributed by atoms with E-state index in [0.717, 1.165) is 25.2 Å². The zero-order valence-corrected chi connectivity index (χ0v) is 16.1. The predicted molar refractivity (Wildman–Crippen MR) is 105 cm³/mol. The highest BCUT2D eigenvalue weighted by molar-refractivity contribution is 5.85. The number of likely N-dealkylation sites (tertiary alicyclic amines) is 1. The molecule has 5 nitrogen and oxygen atoms in total. The average molecular weight is 390 g/mol. The summed E-state index contributed by atoms with van der Waals surface area (Å²) >= 11 is 0. The Morgan fingerprint density at radius 2 is 1.88 bits per heavy atom. The molecule has 2 aliphatic heterocycles. The monoisotopic (exact) mass is 389 g/mol. The number of nitrogens with zero attached hydrogens (tertiary/aromatic N) is 1. The van der Waals surface area contributed by atoms with Crippen LogP contribution < -0.4 is 10.6 Å². The molecule has 0 radical (unpaired) electrons. The first-order valence-corrected chi connectivity index (χ1v) is 8.68. The third-order valence-corrected chi connectivity index (χ3v) is 5.07. The van der Waals surface area contributed by atoms with Crippen molar-refractivity contribution < 1.29 is 9.90 Å². The Bertz CT molecular complexity index is 526. The van der Waals surface area contributed by atoms with Gasteiger partial charge in [0.05, 0.1) is 18.2 Å². The first kappa shape index (κ1) is 22.2. The van der Waals surface area contributed by atoms with Crippen LogP contribution in [-0.4, -0.2) is 54.7 Å². The summed E-state index contributed by atoms with van der Waals surface area (Å²) in [5.74, 6) is 0.0108. The topological polar surface area (TPSA) is 64.6 Å². The number of benzene rings is 1. The van der Waals surface area contributed by atoms with Gasteiger partial charge in [0.2, 0.25) is 5.91 Å². The largest absolute Gasteiger partial charge is 0.389 e. The molecule has 2 fully saturated rings. The molecule has 2 saturated heterocycles. The fourth-order valence-corrected chi connectivity index (χ4v) is 3.76. The summed E-state index contributed by atoms with van der Waals surface area (Å²) in [5, 5.41) is 17.0. The number of carbonyl (C=O) groups excluding carboxylic acids is 1. The second kappa shape index (κ2) is 10.3. The number of halogens is 2. The van der Waals surface area contributed by atoms with Crippen molar-refractivity contribution in [1.82, 2.24) is 15.5 Å². The first-order chi connectivity index (χ1) is 11.2. The Kier molecular flexibility index (Phi) is 9.17. The number of hydrogen-bond acceptors (Lipinski definition) is 4. The van der Waals surface area contributed by atoms with E-state index in [9.17, 15) is 9.90 Å². The molecule has 142 valence electrons. The Morgan fingerprint density at radius 3 is 2.52 bits per heavy atom. The van der Waals surface area contributed by atoms with Crippen molar-refractivity contribution in [3.8, 4) is 0 Å². The molecule has 2 heterocycles. The van der Waals surface area contributed by atoms with Crippen LogP contribution in [0.1, 0.15) is 31.2 Å². The van der Waals surface area contributed by atoms with Gasteiger partial charge in [-0.2, -0.15) is 0 Å². The van der Waals surface area contributed by atoms with Crippen molar-refractivity contribution >= 4 is 30.7 Å². The van der Waals surface area contributed by atoms with Crippen molar-refractivity contribution in [2.45, 2.75) is 37.3 Å². The minimum atomic E-state index is -0.681. The van der Waals surface area contributed by atoms with E-state index in [-0.39, 0.29) is 30.7 Å². The number of aliphatic hydroxyl groups excluding tert-OH is 1. The zero-order valence-electron chi connectivity index (χ0n) is 14.4. The smallest absolute Gasteiger partial charge is 0.234 e. The van der Waals surface area contributed by atoms with Gasteiger partial charge in [-0.1, -0.05) is 36.8 Å². The van der Waals surface area contributed by atoms with Crippen molar-refractivity contribution in [3.05, 3.63) is 35.9 Å². The number of aliphatic hydroxyl groups is 1. The van der Waals surface area contributed by atoms with E-state index in [0.29, 0.717) is 19.5 Å². The molecule has 3 N–H and O–H groups in total. The number of amides is 1. The van der Waals surface area contributed by atoms with Crippen molar-refractivity contribution in [1.29, 1.82) is 0 Å².